The standard InChI is InChI=1S/C20H19BrN2O4S/c1-12-5-4-6-13(2)18(12)23-28(25,26)16-9-7-15(8-10-16)22-20(24)19-14(3)11-17(21)27-19/h4-11,23H,1-3H3,(H,22,24). The van der Waals surface area contributed by atoms with Crippen molar-refractivity contribution >= 4 is 43.2 Å². The van der Waals surface area contributed by atoms with Gasteiger partial charge in [0, 0.05) is 11.3 Å². The van der Waals surface area contributed by atoms with Crippen molar-refractivity contribution in [2.75, 3.05) is 10.0 Å². The summed E-state index contributed by atoms with van der Waals surface area (Å²) < 4.78 is 33.8. The number of para-hydroxylation sites is 1. The van der Waals surface area contributed by atoms with E-state index in [1.807, 2.05) is 32.0 Å². The molecule has 2 N–H and O–H groups in total. The first-order chi connectivity index (χ1) is 13.2. The minimum atomic E-state index is -3.75. The van der Waals surface area contributed by atoms with Gasteiger partial charge in [-0.1, -0.05) is 18.2 Å². The molecule has 0 saturated carbocycles. The second kappa shape index (κ2) is 7.81. The lowest BCUT2D eigenvalue weighted by atomic mass is 10.1. The molecule has 0 radical (unpaired) electrons. The zero-order chi connectivity index (χ0) is 20.5. The highest BCUT2D eigenvalue weighted by atomic mass is 79.9. The fourth-order valence-electron chi connectivity index (χ4n) is 2.74. The Labute approximate surface area is 172 Å². The first-order valence-corrected chi connectivity index (χ1v) is 10.7. The van der Waals surface area contributed by atoms with Crippen LogP contribution in [-0.2, 0) is 10.0 Å². The quantitative estimate of drug-likeness (QED) is 0.556. The average molecular weight is 463 g/mol. The number of carbonyl (C=O) groups excluding carboxylic acids is 1. The highest BCUT2D eigenvalue weighted by Crippen LogP contribution is 2.25. The van der Waals surface area contributed by atoms with Crippen LogP contribution in [0.2, 0.25) is 0 Å². The van der Waals surface area contributed by atoms with Gasteiger partial charge in [-0.25, -0.2) is 8.42 Å². The van der Waals surface area contributed by atoms with Gasteiger partial charge in [-0.15, -0.1) is 0 Å². The van der Waals surface area contributed by atoms with E-state index in [2.05, 4.69) is 26.0 Å². The molecule has 0 bridgehead atoms. The van der Waals surface area contributed by atoms with Crippen LogP contribution in [0.25, 0.3) is 0 Å². The van der Waals surface area contributed by atoms with Crippen molar-refractivity contribution in [3.05, 3.63) is 75.7 Å². The van der Waals surface area contributed by atoms with Gasteiger partial charge in [-0.2, -0.15) is 0 Å². The second-order valence-electron chi connectivity index (χ2n) is 6.41. The zero-order valence-corrected chi connectivity index (χ0v) is 17.9. The van der Waals surface area contributed by atoms with Gasteiger partial charge in [-0.3, -0.25) is 9.52 Å². The van der Waals surface area contributed by atoms with Crippen LogP contribution in [0.5, 0.6) is 0 Å². The molecule has 0 spiro atoms. The lowest BCUT2D eigenvalue weighted by molar-refractivity contribution is 0.0994. The maximum Gasteiger partial charge on any atom is 0.291 e. The number of carbonyl (C=O) groups is 1. The van der Waals surface area contributed by atoms with Gasteiger partial charge < -0.3 is 9.73 Å². The second-order valence-corrected chi connectivity index (χ2v) is 8.88. The molecule has 8 heteroatoms. The van der Waals surface area contributed by atoms with Gasteiger partial charge in [0.2, 0.25) is 0 Å². The molecule has 0 atom stereocenters. The Morgan fingerprint density at radius 2 is 1.57 bits per heavy atom. The summed E-state index contributed by atoms with van der Waals surface area (Å²) in [6.07, 6.45) is 0. The van der Waals surface area contributed by atoms with Crippen LogP contribution in [0.1, 0.15) is 27.2 Å². The topological polar surface area (TPSA) is 88.4 Å². The molecule has 3 aromatic rings. The maximum absolute atomic E-state index is 12.7. The minimum Gasteiger partial charge on any atom is -0.444 e. The normalized spacial score (nSPS) is 11.3. The molecule has 146 valence electrons. The lowest BCUT2D eigenvalue weighted by Gasteiger charge is -2.13. The summed E-state index contributed by atoms with van der Waals surface area (Å²) in [7, 11) is -3.75. The van der Waals surface area contributed by atoms with E-state index in [9.17, 15) is 13.2 Å². The van der Waals surface area contributed by atoms with E-state index in [0.717, 1.165) is 11.1 Å². The number of amides is 1. The Morgan fingerprint density at radius 3 is 2.11 bits per heavy atom. The maximum atomic E-state index is 12.7. The third-order valence-corrected chi connectivity index (χ3v) is 5.99. The highest BCUT2D eigenvalue weighted by Gasteiger charge is 2.18. The summed E-state index contributed by atoms with van der Waals surface area (Å²) in [6, 6.07) is 13.2. The molecule has 0 aliphatic heterocycles. The average Bonchev–Trinajstić information content (AvgIpc) is 2.97. The Balaban J connectivity index is 1.78. The molecule has 3 rings (SSSR count). The van der Waals surface area contributed by atoms with Crippen LogP contribution in [0.15, 0.2) is 62.5 Å². The molecule has 1 amide bonds. The van der Waals surface area contributed by atoms with E-state index in [1.165, 1.54) is 24.3 Å². The third kappa shape index (κ3) is 4.28. The van der Waals surface area contributed by atoms with Crippen LogP contribution >= 0.6 is 15.9 Å². The summed E-state index contributed by atoms with van der Waals surface area (Å²) in [5.41, 5.74) is 3.41. The Kier molecular flexibility index (Phi) is 5.62. The number of anilines is 2. The summed E-state index contributed by atoms with van der Waals surface area (Å²) in [4.78, 5) is 12.4. The van der Waals surface area contributed by atoms with Gasteiger partial charge >= 0.3 is 0 Å². The van der Waals surface area contributed by atoms with Crippen molar-refractivity contribution in [3.8, 4) is 0 Å². The van der Waals surface area contributed by atoms with Gasteiger partial charge in [0.05, 0.1) is 10.6 Å². The summed E-state index contributed by atoms with van der Waals surface area (Å²) >= 11 is 3.18. The van der Waals surface area contributed by atoms with Gasteiger partial charge in [0.1, 0.15) is 0 Å². The van der Waals surface area contributed by atoms with Gasteiger partial charge in [-0.05, 0) is 78.2 Å². The Morgan fingerprint density at radius 1 is 0.964 bits per heavy atom. The van der Waals surface area contributed by atoms with Crippen molar-refractivity contribution in [2.24, 2.45) is 0 Å². The minimum absolute atomic E-state index is 0.102. The Bertz CT molecular complexity index is 1120. The van der Waals surface area contributed by atoms with Gasteiger partial charge in [0.15, 0.2) is 10.4 Å². The van der Waals surface area contributed by atoms with E-state index in [0.29, 0.717) is 21.6 Å². The summed E-state index contributed by atoms with van der Waals surface area (Å²) in [5, 5.41) is 2.69. The van der Waals surface area contributed by atoms with Crippen molar-refractivity contribution in [1.82, 2.24) is 0 Å². The van der Waals surface area contributed by atoms with Crippen molar-refractivity contribution in [1.29, 1.82) is 0 Å². The van der Waals surface area contributed by atoms with Crippen molar-refractivity contribution < 1.29 is 17.6 Å². The number of hydrogen-bond acceptors (Lipinski definition) is 4. The highest BCUT2D eigenvalue weighted by molar-refractivity contribution is 9.10. The SMILES string of the molecule is Cc1cc(Br)oc1C(=O)Nc1ccc(S(=O)(=O)Nc2c(C)cccc2C)cc1. The van der Waals surface area contributed by atoms with Crippen molar-refractivity contribution in [3.63, 3.8) is 0 Å². The summed E-state index contributed by atoms with van der Waals surface area (Å²) in [6.45, 7) is 5.45. The van der Waals surface area contributed by atoms with Crippen LogP contribution in [0.3, 0.4) is 0 Å². The Hall–Kier alpha value is -2.58. The zero-order valence-electron chi connectivity index (χ0n) is 15.5. The largest absolute Gasteiger partial charge is 0.444 e. The third-order valence-electron chi connectivity index (χ3n) is 4.23. The van der Waals surface area contributed by atoms with Crippen LogP contribution < -0.4 is 10.0 Å². The van der Waals surface area contributed by atoms with Crippen LogP contribution in [-0.4, -0.2) is 14.3 Å². The molecule has 6 nitrogen and oxygen atoms in total. The molecule has 28 heavy (non-hydrogen) atoms. The number of halogens is 1. The number of hydrogen-bond donors (Lipinski definition) is 2. The lowest BCUT2D eigenvalue weighted by Crippen LogP contribution is -2.15. The fraction of sp³-hybridized carbons (Fsp3) is 0.150. The number of nitrogens with one attached hydrogen (secondary N) is 2. The molecule has 2 aromatic carbocycles. The molecule has 0 fully saturated rings. The predicted octanol–water partition coefficient (Wildman–Crippen LogP) is 5.02. The van der Waals surface area contributed by atoms with E-state index < -0.39 is 15.9 Å². The van der Waals surface area contributed by atoms with E-state index in [-0.39, 0.29) is 10.7 Å². The number of furan rings is 1. The van der Waals surface area contributed by atoms with Crippen molar-refractivity contribution in [2.45, 2.75) is 25.7 Å². The molecular formula is C20H19BrN2O4S. The monoisotopic (exact) mass is 462 g/mol. The fourth-order valence-corrected chi connectivity index (χ4v) is 4.45. The van der Waals surface area contributed by atoms with Crippen LogP contribution in [0, 0.1) is 20.8 Å². The molecule has 0 aliphatic carbocycles. The van der Waals surface area contributed by atoms with Gasteiger partial charge in [0.25, 0.3) is 15.9 Å². The molecule has 1 aromatic heterocycles. The first kappa shape index (κ1) is 20.2. The number of rotatable bonds is 5. The predicted molar refractivity (Wildman–Crippen MR) is 112 cm³/mol. The first-order valence-electron chi connectivity index (χ1n) is 8.44. The molecule has 0 aliphatic rings. The molecule has 0 saturated heterocycles. The summed E-state index contributed by atoms with van der Waals surface area (Å²) in [5.74, 6) is -0.215. The molecule has 1 heterocycles. The van der Waals surface area contributed by atoms with E-state index in [1.54, 1.807) is 13.0 Å². The number of benzene rings is 2. The number of aryl methyl sites for hydroxylation is 3. The number of sulfonamides is 1. The van der Waals surface area contributed by atoms with E-state index in [4.69, 9.17) is 4.42 Å². The molecule has 0 unspecified atom stereocenters. The van der Waals surface area contributed by atoms with E-state index >= 15 is 0 Å². The molecular weight excluding hydrogens is 444 g/mol. The van der Waals surface area contributed by atoms with Crippen LogP contribution in [0.4, 0.5) is 11.4 Å². The smallest absolute Gasteiger partial charge is 0.291 e.